The van der Waals surface area contributed by atoms with Crippen molar-refractivity contribution in [2.45, 2.75) is 33.9 Å². The van der Waals surface area contributed by atoms with Gasteiger partial charge in [0.1, 0.15) is 0 Å². The first-order valence-electron chi connectivity index (χ1n) is 5.44. The number of hydrogen-bond acceptors (Lipinski definition) is 4. The molecule has 0 aliphatic heterocycles. The molecule has 4 nitrogen and oxygen atoms in total. The smallest absolute Gasteiger partial charge is 0.316 e. The lowest BCUT2D eigenvalue weighted by atomic mass is 9.98. The summed E-state index contributed by atoms with van der Waals surface area (Å²) in [4.78, 5) is 11.4. The quantitative estimate of drug-likeness (QED) is 0.644. The summed E-state index contributed by atoms with van der Waals surface area (Å²) in [5.74, 6) is -0.502. The van der Waals surface area contributed by atoms with Crippen LogP contribution in [0.4, 0.5) is 0 Å². The van der Waals surface area contributed by atoms with Gasteiger partial charge in [0.2, 0.25) is 0 Å². The minimum absolute atomic E-state index is 0.194. The van der Waals surface area contributed by atoms with E-state index in [0.717, 1.165) is 5.56 Å². The van der Waals surface area contributed by atoms with Gasteiger partial charge in [0.15, 0.2) is 0 Å². The zero-order chi connectivity index (χ0) is 12.9. The van der Waals surface area contributed by atoms with Crippen LogP contribution in [0.1, 0.15) is 26.3 Å². The van der Waals surface area contributed by atoms with Gasteiger partial charge in [-0.2, -0.15) is 0 Å². The highest BCUT2D eigenvalue weighted by Gasteiger charge is 2.25. The van der Waals surface area contributed by atoms with Crippen LogP contribution >= 0.6 is 0 Å². The maximum Gasteiger partial charge on any atom is 0.316 e. The molecule has 94 valence electrons. The minimum atomic E-state index is -1.53. The van der Waals surface area contributed by atoms with Crippen molar-refractivity contribution in [1.82, 2.24) is 0 Å². The van der Waals surface area contributed by atoms with Crippen molar-refractivity contribution >= 4 is 5.97 Å². The van der Waals surface area contributed by atoms with Gasteiger partial charge in [-0.3, -0.25) is 4.79 Å². The number of rotatable bonds is 4. The molecule has 1 N–H and O–H groups in total. The second-order valence-electron chi connectivity index (χ2n) is 4.76. The molecule has 0 amide bonds. The molecule has 17 heavy (non-hydrogen) atoms. The normalized spacial score (nSPS) is 13.2. The van der Waals surface area contributed by atoms with E-state index in [9.17, 15) is 9.90 Å². The van der Waals surface area contributed by atoms with Crippen LogP contribution in [-0.4, -0.2) is 17.6 Å². The van der Waals surface area contributed by atoms with E-state index >= 15 is 0 Å². The molecule has 1 atom stereocenters. The minimum Gasteiger partial charge on any atom is -0.410 e. The van der Waals surface area contributed by atoms with Crippen molar-refractivity contribution in [3.8, 4) is 0 Å². The Morgan fingerprint density at radius 3 is 2.41 bits per heavy atom. The fraction of sp³-hybridized carbons (Fsp3) is 0.462. The van der Waals surface area contributed by atoms with Crippen LogP contribution in [0.3, 0.4) is 0 Å². The Kier molecular flexibility index (Phi) is 4.66. The third kappa shape index (κ3) is 4.97. The molecule has 0 radical (unpaired) electrons. The van der Waals surface area contributed by atoms with E-state index in [1.54, 1.807) is 20.8 Å². The number of hydrogen-bond donors (Lipinski definition) is 1. The Morgan fingerprint density at radius 2 is 1.88 bits per heavy atom. The third-order valence-electron chi connectivity index (χ3n) is 2.06. The van der Waals surface area contributed by atoms with Crippen LogP contribution in [0.2, 0.25) is 0 Å². The van der Waals surface area contributed by atoms with Gasteiger partial charge < -0.3 is 14.6 Å². The lowest BCUT2D eigenvalue weighted by molar-refractivity contribution is -0.262. The van der Waals surface area contributed by atoms with Gasteiger partial charge >= 0.3 is 12.4 Å². The highest BCUT2D eigenvalue weighted by atomic mass is 16.8. The molecule has 1 aromatic carbocycles. The van der Waals surface area contributed by atoms with Crippen LogP contribution in [0.15, 0.2) is 30.3 Å². The zero-order valence-electron chi connectivity index (χ0n) is 10.3. The molecule has 1 aromatic rings. The van der Waals surface area contributed by atoms with Crippen LogP contribution in [0.25, 0.3) is 0 Å². The third-order valence-corrected chi connectivity index (χ3v) is 2.06. The topological polar surface area (TPSA) is 55.8 Å². The number of aliphatic hydroxyl groups is 1. The van der Waals surface area contributed by atoms with Gasteiger partial charge in [-0.1, -0.05) is 30.3 Å². The van der Waals surface area contributed by atoms with Gasteiger partial charge in [0, 0.05) is 0 Å². The van der Waals surface area contributed by atoms with E-state index in [1.165, 1.54) is 0 Å². The largest absolute Gasteiger partial charge is 0.410 e. The fourth-order valence-corrected chi connectivity index (χ4v) is 1.04. The summed E-state index contributed by atoms with van der Waals surface area (Å²) in [5.41, 5.74) is 0.246. The van der Waals surface area contributed by atoms with Crippen molar-refractivity contribution in [2.75, 3.05) is 0 Å². The number of aliphatic hydroxyl groups excluding tert-OH is 1. The van der Waals surface area contributed by atoms with Gasteiger partial charge in [-0.05, 0) is 26.3 Å². The molecule has 0 saturated heterocycles. The molecule has 1 rings (SSSR count). The molecule has 1 unspecified atom stereocenters. The van der Waals surface area contributed by atoms with Crippen molar-refractivity contribution < 1.29 is 19.4 Å². The standard InChI is InChI=1S/C13H18O4/c1-13(2,3)11(14)17-12(15)16-9-10-7-5-4-6-8-10/h4-8,12,15H,9H2,1-3H3. The van der Waals surface area contributed by atoms with E-state index in [1.807, 2.05) is 30.3 Å². The van der Waals surface area contributed by atoms with Crippen LogP contribution in [-0.2, 0) is 20.9 Å². The SMILES string of the molecule is CC(C)(C)C(=O)OC(O)OCc1ccccc1. The predicted octanol–water partition coefficient (Wildman–Crippen LogP) is 2.07. The lowest BCUT2D eigenvalue weighted by Gasteiger charge is -2.19. The summed E-state index contributed by atoms with van der Waals surface area (Å²) < 4.78 is 9.74. The van der Waals surface area contributed by atoms with Crippen molar-refractivity contribution in [1.29, 1.82) is 0 Å². The molecule has 0 aliphatic rings. The summed E-state index contributed by atoms with van der Waals surface area (Å²) in [6.07, 6.45) is 0. The second-order valence-corrected chi connectivity index (χ2v) is 4.76. The Bertz CT molecular complexity index is 353. The number of carbonyl (C=O) groups excluding carboxylic acids is 1. The highest BCUT2D eigenvalue weighted by molar-refractivity contribution is 5.75. The first-order chi connectivity index (χ1) is 7.89. The Hall–Kier alpha value is -1.39. The number of carbonyl (C=O) groups is 1. The summed E-state index contributed by atoms with van der Waals surface area (Å²) in [7, 11) is 0. The number of esters is 1. The first kappa shape index (κ1) is 13.7. The Labute approximate surface area is 101 Å². The van der Waals surface area contributed by atoms with Crippen molar-refractivity contribution in [3.05, 3.63) is 35.9 Å². The fourth-order valence-electron chi connectivity index (χ4n) is 1.04. The van der Waals surface area contributed by atoms with Crippen LogP contribution in [0.5, 0.6) is 0 Å². The van der Waals surface area contributed by atoms with E-state index in [2.05, 4.69) is 0 Å². The predicted molar refractivity (Wildman–Crippen MR) is 62.8 cm³/mol. The van der Waals surface area contributed by atoms with Crippen molar-refractivity contribution in [3.63, 3.8) is 0 Å². The van der Waals surface area contributed by atoms with E-state index in [-0.39, 0.29) is 6.61 Å². The summed E-state index contributed by atoms with van der Waals surface area (Å²) >= 11 is 0. The molecular formula is C13H18O4. The van der Waals surface area contributed by atoms with Gasteiger partial charge in [0.25, 0.3) is 0 Å². The zero-order valence-corrected chi connectivity index (χ0v) is 10.3. The van der Waals surface area contributed by atoms with Gasteiger partial charge in [0.05, 0.1) is 12.0 Å². The molecule has 0 heterocycles. The summed E-state index contributed by atoms with van der Waals surface area (Å²) in [6, 6.07) is 9.34. The molecule has 0 aromatic heterocycles. The highest BCUT2D eigenvalue weighted by Crippen LogP contribution is 2.16. The summed E-state index contributed by atoms with van der Waals surface area (Å²) in [5, 5.41) is 9.38. The first-order valence-corrected chi connectivity index (χ1v) is 5.44. The van der Waals surface area contributed by atoms with E-state index in [4.69, 9.17) is 9.47 Å². The second kappa shape index (κ2) is 5.80. The van der Waals surface area contributed by atoms with E-state index < -0.39 is 17.9 Å². The molecule has 4 heteroatoms. The van der Waals surface area contributed by atoms with Crippen LogP contribution in [0, 0.1) is 5.41 Å². The number of ether oxygens (including phenoxy) is 2. The molecule has 0 saturated carbocycles. The molecule has 0 fully saturated rings. The number of benzene rings is 1. The van der Waals surface area contributed by atoms with Crippen LogP contribution < -0.4 is 0 Å². The molecule has 0 aliphatic carbocycles. The van der Waals surface area contributed by atoms with Crippen molar-refractivity contribution in [2.24, 2.45) is 5.41 Å². The molecule has 0 bridgehead atoms. The lowest BCUT2D eigenvalue weighted by Crippen LogP contribution is -2.29. The molecular weight excluding hydrogens is 220 g/mol. The van der Waals surface area contributed by atoms with Gasteiger partial charge in [-0.25, -0.2) is 0 Å². The maximum absolute atomic E-state index is 11.4. The maximum atomic E-state index is 11.4. The summed E-state index contributed by atoms with van der Waals surface area (Å²) in [6.45, 7) is 3.79. The Balaban J connectivity index is 2.36. The molecule has 0 spiro atoms. The van der Waals surface area contributed by atoms with E-state index in [0.29, 0.717) is 0 Å². The monoisotopic (exact) mass is 238 g/mol. The Morgan fingerprint density at radius 1 is 1.29 bits per heavy atom. The average molecular weight is 238 g/mol. The van der Waals surface area contributed by atoms with Gasteiger partial charge in [-0.15, -0.1) is 0 Å². The average Bonchev–Trinajstić information content (AvgIpc) is 2.26.